The van der Waals surface area contributed by atoms with Crippen molar-refractivity contribution in [2.24, 2.45) is 5.73 Å². The number of carboxylic acids is 1. The van der Waals surface area contributed by atoms with Gasteiger partial charge < -0.3 is 15.9 Å². The van der Waals surface area contributed by atoms with E-state index in [1.807, 2.05) is 0 Å². The molecule has 0 aliphatic rings. The average Bonchev–Trinajstić information content (AvgIpc) is 2.01. The second-order valence-corrected chi connectivity index (χ2v) is 3.54. The smallest absolute Gasteiger partial charge is 0.305 e. The Morgan fingerprint density at radius 2 is 2.21 bits per heavy atom. The molecule has 0 fully saturated rings. The van der Waals surface area contributed by atoms with Crippen molar-refractivity contribution in [3.63, 3.8) is 0 Å². The Balaban J connectivity index is 2.97. The van der Waals surface area contributed by atoms with E-state index in [1.54, 1.807) is 19.1 Å². The highest BCUT2D eigenvalue weighted by molar-refractivity contribution is 5.68. The molecular weight excluding hydrogens is 182 g/mol. The first kappa shape index (κ1) is 10.5. The molecule has 0 radical (unpaired) electrons. The minimum Gasteiger partial charge on any atom is -0.508 e. The van der Waals surface area contributed by atoms with Crippen molar-refractivity contribution in [1.29, 1.82) is 0 Å². The molecule has 1 rings (SSSR count). The van der Waals surface area contributed by atoms with Gasteiger partial charge in [0.05, 0.1) is 6.42 Å². The van der Waals surface area contributed by atoms with Crippen LogP contribution >= 0.6 is 0 Å². The monoisotopic (exact) mass is 195 g/mol. The van der Waals surface area contributed by atoms with Crippen LogP contribution in [-0.4, -0.2) is 16.2 Å². The first-order valence-electron chi connectivity index (χ1n) is 4.22. The van der Waals surface area contributed by atoms with Gasteiger partial charge in [0, 0.05) is 5.54 Å². The van der Waals surface area contributed by atoms with Gasteiger partial charge in [-0.3, -0.25) is 4.79 Å². The van der Waals surface area contributed by atoms with Crippen LogP contribution in [0.1, 0.15) is 18.9 Å². The number of carboxylic acid groups (broad SMARTS) is 1. The summed E-state index contributed by atoms with van der Waals surface area (Å²) in [5.41, 5.74) is 5.47. The van der Waals surface area contributed by atoms with Crippen LogP contribution in [0.5, 0.6) is 5.75 Å². The van der Waals surface area contributed by atoms with Crippen LogP contribution in [0.15, 0.2) is 24.3 Å². The second kappa shape index (κ2) is 3.67. The lowest BCUT2D eigenvalue weighted by Crippen LogP contribution is -2.35. The molecule has 4 N–H and O–H groups in total. The van der Waals surface area contributed by atoms with E-state index in [0.717, 1.165) is 0 Å². The zero-order valence-electron chi connectivity index (χ0n) is 7.90. The highest BCUT2D eigenvalue weighted by Crippen LogP contribution is 2.24. The Morgan fingerprint density at radius 1 is 1.57 bits per heavy atom. The molecule has 0 aliphatic heterocycles. The standard InChI is InChI=1S/C10H13NO3/c1-10(11,6-9(13)14)7-3-2-4-8(12)5-7/h2-5,12H,6,11H2,1H3,(H,13,14)/t10-/m1/s1. The van der Waals surface area contributed by atoms with E-state index in [4.69, 9.17) is 10.8 Å². The number of aromatic hydroxyl groups is 1. The van der Waals surface area contributed by atoms with Gasteiger partial charge in [-0.1, -0.05) is 12.1 Å². The fraction of sp³-hybridized carbons (Fsp3) is 0.300. The van der Waals surface area contributed by atoms with Crippen LogP contribution < -0.4 is 5.73 Å². The molecule has 4 nitrogen and oxygen atoms in total. The van der Waals surface area contributed by atoms with Gasteiger partial charge in [0.25, 0.3) is 0 Å². The highest BCUT2D eigenvalue weighted by atomic mass is 16.4. The number of aliphatic carboxylic acids is 1. The number of rotatable bonds is 3. The lowest BCUT2D eigenvalue weighted by atomic mass is 9.90. The summed E-state index contributed by atoms with van der Waals surface area (Å²) in [4.78, 5) is 10.5. The highest BCUT2D eigenvalue weighted by Gasteiger charge is 2.24. The second-order valence-electron chi connectivity index (χ2n) is 3.54. The fourth-order valence-corrected chi connectivity index (χ4v) is 1.28. The summed E-state index contributed by atoms with van der Waals surface area (Å²) < 4.78 is 0. The topological polar surface area (TPSA) is 83.6 Å². The predicted octanol–water partition coefficient (Wildman–Crippen LogP) is 1.04. The maximum atomic E-state index is 10.5. The summed E-state index contributed by atoms with van der Waals surface area (Å²) in [5, 5.41) is 17.8. The van der Waals surface area contributed by atoms with E-state index in [0.29, 0.717) is 5.56 Å². The van der Waals surface area contributed by atoms with Gasteiger partial charge in [-0.05, 0) is 24.6 Å². The normalized spacial score (nSPS) is 14.7. The van der Waals surface area contributed by atoms with Gasteiger partial charge in [-0.2, -0.15) is 0 Å². The molecule has 0 heterocycles. The third kappa shape index (κ3) is 2.47. The summed E-state index contributed by atoms with van der Waals surface area (Å²) in [5.74, 6) is -0.872. The lowest BCUT2D eigenvalue weighted by Gasteiger charge is -2.23. The predicted molar refractivity (Wildman–Crippen MR) is 51.9 cm³/mol. The first-order chi connectivity index (χ1) is 6.42. The Labute approximate surface area is 82.0 Å². The molecule has 1 aromatic carbocycles. The van der Waals surface area contributed by atoms with Crippen molar-refractivity contribution in [2.75, 3.05) is 0 Å². The van der Waals surface area contributed by atoms with Crippen molar-refractivity contribution in [3.05, 3.63) is 29.8 Å². The third-order valence-corrected chi connectivity index (χ3v) is 2.02. The zero-order valence-corrected chi connectivity index (χ0v) is 7.90. The van der Waals surface area contributed by atoms with Crippen LogP contribution in [0.3, 0.4) is 0 Å². The number of hydrogen-bond donors (Lipinski definition) is 3. The molecule has 0 amide bonds. The molecule has 0 aromatic heterocycles. The molecule has 0 aliphatic carbocycles. The molecule has 4 heteroatoms. The third-order valence-electron chi connectivity index (χ3n) is 2.02. The Kier molecular flexibility index (Phi) is 2.76. The number of carbonyl (C=O) groups is 1. The summed E-state index contributed by atoms with van der Waals surface area (Å²) in [6.07, 6.45) is -0.170. The quantitative estimate of drug-likeness (QED) is 0.672. The van der Waals surface area contributed by atoms with Crippen LogP contribution in [0.2, 0.25) is 0 Å². The molecule has 76 valence electrons. The molecule has 0 spiro atoms. The van der Waals surface area contributed by atoms with Gasteiger partial charge in [-0.25, -0.2) is 0 Å². The average molecular weight is 195 g/mol. The molecule has 14 heavy (non-hydrogen) atoms. The van der Waals surface area contributed by atoms with E-state index in [1.165, 1.54) is 12.1 Å². The van der Waals surface area contributed by atoms with Crippen LogP contribution in [0.25, 0.3) is 0 Å². The van der Waals surface area contributed by atoms with Gasteiger partial charge in [0.15, 0.2) is 0 Å². The minimum absolute atomic E-state index is 0.0876. The largest absolute Gasteiger partial charge is 0.508 e. The van der Waals surface area contributed by atoms with E-state index in [-0.39, 0.29) is 12.2 Å². The molecule has 0 saturated heterocycles. The molecule has 1 atom stereocenters. The van der Waals surface area contributed by atoms with E-state index in [2.05, 4.69) is 0 Å². The number of benzene rings is 1. The zero-order chi connectivity index (χ0) is 10.8. The van der Waals surface area contributed by atoms with Crippen LogP contribution in [0.4, 0.5) is 0 Å². The van der Waals surface area contributed by atoms with Crippen molar-refractivity contribution >= 4 is 5.97 Å². The minimum atomic E-state index is -0.960. The molecule has 0 saturated carbocycles. The Bertz CT molecular complexity index is 347. The number of phenolic OH excluding ortho intramolecular Hbond substituents is 1. The maximum Gasteiger partial charge on any atom is 0.305 e. The van der Waals surface area contributed by atoms with E-state index < -0.39 is 11.5 Å². The lowest BCUT2D eigenvalue weighted by molar-refractivity contribution is -0.138. The van der Waals surface area contributed by atoms with Crippen molar-refractivity contribution in [3.8, 4) is 5.75 Å². The summed E-state index contributed by atoms with van der Waals surface area (Å²) in [6, 6.07) is 6.32. The maximum absolute atomic E-state index is 10.5. The van der Waals surface area contributed by atoms with Gasteiger partial charge >= 0.3 is 5.97 Å². The summed E-state index contributed by atoms with van der Waals surface area (Å²) >= 11 is 0. The molecule has 1 aromatic rings. The SMILES string of the molecule is C[C@@](N)(CC(=O)O)c1cccc(O)c1. The van der Waals surface area contributed by atoms with Crippen molar-refractivity contribution in [1.82, 2.24) is 0 Å². The van der Waals surface area contributed by atoms with Gasteiger partial charge in [0.1, 0.15) is 5.75 Å². The van der Waals surface area contributed by atoms with E-state index >= 15 is 0 Å². The van der Waals surface area contributed by atoms with Crippen molar-refractivity contribution in [2.45, 2.75) is 18.9 Å². The summed E-state index contributed by atoms with van der Waals surface area (Å²) in [7, 11) is 0. The molecule has 0 unspecified atom stereocenters. The fourth-order valence-electron chi connectivity index (χ4n) is 1.28. The van der Waals surface area contributed by atoms with Gasteiger partial charge in [-0.15, -0.1) is 0 Å². The van der Waals surface area contributed by atoms with Crippen molar-refractivity contribution < 1.29 is 15.0 Å². The number of phenols is 1. The van der Waals surface area contributed by atoms with Crippen LogP contribution in [0, 0.1) is 0 Å². The van der Waals surface area contributed by atoms with Crippen LogP contribution in [-0.2, 0) is 10.3 Å². The first-order valence-corrected chi connectivity index (χ1v) is 4.22. The number of nitrogens with two attached hydrogens (primary N) is 1. The molecular formula is C10H13NO3. The molecule has 0 bridgehead atoms. The van der Waals surface area contributed by atoms with Gasteiger partial charge in [0.2, 0.25) is 0 Å². The Hall–Kier alpha value is -1.55. The number of hydrogen-bond acceptors (Lipinski definition) is 3. The summed E-state index contributed by atoms with van der Waals surface area (Å²) in [6.45, 7) is 1.62. The Morgan fingerprint density at radius 3 is 2.71 bits per heavy atom. The van der Waals surface area contributed by atoms with E-state index in [9.17, 15) is 9.90 Å².